The zero-order chi connectivity index (χ0) is 15.6. The molecule has 0 fully saturated rings. The first-order valence-corrected chi connectivity index (χ1v) is 8.16. The molecule has 0 amide bonds. The molecule has 0 saturated carbocycles. The van der Waals surface area contributed by atoms with Gasteiger partial charge in [-0.3, -0.25) is 4.72 Å². The lowest BCUT2D eigenvalue weighted by molar-refractivity contribution is 0.281. The molecule has 1 heterocycles. The number of aliphatic hydroxyl groups excluding tert-OH is 1. The number of anilines is 1. The normalized spacial score (nSPS) is 11.4. The van der Waals surface area contributed by atoms with Gasteiger partial charge in [-0.05, 0) is 52.7 Å². The molecule has 1 aromatic heterocycles. The zero-order valence-corrected chi connectivity index (χ0v) is 13.4. The molecule has 0 radical (unpaired) electrons. The summed E-state index contributed by atoms with van der Waals surface area (Å²) in [7, 11) is -4.02. The van der Waals surface area contributed by atoms with Crippen LogP contribution in [0.15, 0.2) is 39.8 Å². The van der Waals surface area contributed by atoms with Crippen molar-refractivity contribution in [3.63, 3.8) is 0 Å². The molecule has 2 aromatic rings. The number of aromatic nitrogens is 1. The molecule has 0 aliphatic rings. The van der Waals surface area contributed by atoms with Gasteiger partial charge in [0.2, 0.25) is 0 Å². The minimum Gasteiger partial charge on any atom is -0.392 e. The van der Waals surface area contributed by atoms with Crippen molar-refractivity contribution in [2.24, 2.45) is 0 Å². The van der Waals surface area contributed by atoms with Gasteiger partial charge in [0.25, 0.3) is 10.0 Å². The maximum absolute atomic E-state index is 13.7. The predicted octanol–water partition coefficient (Wildman–Crippen LogP) is 2.58. The second-order valence-corrected chi connectivity index (χ2v) is 6.80. The first-order chi connectivity index (χ1) is 9.85. The van der Waals surface area contributed by atoms with E-state index in [1.54, 1.807) is 12.1 Å². The average molecular weight is 375 g/mol. The highest BCUT2D eigenvalue weighted by atomic mass is 79.9. The SMILES string of the molecule is Cc1c(F)cc(CO)cc1S(=O)(=O)Nc1ncccc1Br. The average Bonchev–Trinajstić information content (AvgIpc) is 2.43. The highest BCUT2D eigenvalue weighted by Crippen LogP contribution is 2.25. The Hall–Kier alpha value is -1.51. The zero-order valence-electron chi connectivity index (χ0n) is 11.0. The quantitative estimate of drug-likeness (QED) is 0.861. The third-order valence-corrected chi connectivity index (χ3v) is 4.92. The smallest absolute Gasteiger partial charge is 0.263 e. The largest absolute Gasteiger partial charge is 0.392 e. The summed E-state index contributed by atoms with van der Waals surface area (Å²) < 4.78 is 41.2. The topological polar surface area (TPSA) is 79.3 Å². The summed E-state index contributed by atoms with van der Waals surface area (Å²) in [4.78, 5) is 3.67. The fraction of sp³-hybridized carbons (Fsp3) is 0.154. The standard InChI is InChI=1S/C13H12BrFN2O3S/c1-8-11(15)5-9(7-18)6-12(8)21(19,20)17-13-10(14)3-2-4-16-13/h2-6,18H,7H2,1H3,(H,16,17). The van der Waals surface area contributed by atoms with E-state index >= 15 is 0 Å². The summed E-state index contributed by atoms with van der Waals surface area (Å²) in [6, 6.07) is 5.60. The van der Waals surface area contributed by atoms with Crippen molar-refractivity contribution < 1.29 is 17.9 Å². The number of halogens is 2. The fourth-order valence-electron chi connectivity index (χ4n) is 1.72. The number of pyridine rings is 1. The lowest BCUT2D eigenvalue weighted by Gasteiger charge is -2.12. The van der Waals surface area contributed by atoms with E-state index in [0.717, 1.165) is 6.07 Å². The summed E-state index contributed by atoms with van der Waals surface area (Å²) in [6.07, 6.45) is 1.43. The van der Waals surface area contributed by atoms with Crippen molar-refractivity contribution in [1.82, 2.24) is 4.98 Å². The minimum absolute atomic E-state index is 0.0215. The lowest BCUT2D eigenvalue weighted by atomic mass is 10.1. The second-order valence-electron chi connectivity index (χ2n) is 4.30. The molecule has 0 bridgehead atoms. The number of sulfonamides is 1. The number of hydrogen-bond donors (Lipinski definition) is 2. The van der Waals surface area contributed by atoms with Crippen LogP contribution < -0.4 is 4.72 Å². The highest BCUT2D eigenvalue weighted by Gasteiger charge is 2.21. The third-order valence-electron chi connectivity index (χ3n) is 2.82. The summed E-state index contributed by atoms with van der Waals surface area (Å²) in [6.45, 7) is 0.908. The molecule has 0 spiro atoms. The maximum atomic E-state index is 13.7. The molecule has 8 heteroatoms. The Kier molecular flexibility index (Phi) is 4.60. The number of rotatable bonds is 4. The van der Waals surface area contributed by atoms with Crippen LogP contribution in [0.4, 0.5) is 10.2 Å². The van der Waals surface area contributed by atoms with Gasteiger partial charge in [-0.15, -0.1) is 0 Å². The fourth-order valence-corrected chi connectivity index (χ4v) is 3.54. The van der Waals surface area contributed by atoms with Crippen LogP contribution in [0.3, 0.4) is 0 Å². The van der Waals surface area contributed by atoms with E-state index in [9.17, 15) is 12.8 Å². The number of hydrogen-bond acceptors (Lipinski definition) is 4. The van der Waals surface area contributed by atoms with Crippen LogP contribution >= 0.6 is 15.9 Å². The molecule has 0 unspecified atom stereocenters. The van der Waals surface area contributed by atoms with Crippen molar-refractivity contribution in [3.8, 4) is 0 Å². The van der Waals surface area contributed by atoms with Crippen LogP contribution in [0.1, 0.15) is 11.1 Å². The van der Waals surface area contributed by atoms with Gasteiger partial charge in [0.15, 0.2) is 5.82 Å². The predicted molar refractivity (Wildman–Crippen MR) is 79.8 cm³/mol. The Labute approximate surface area is 130 Å². The minimum atomic E-state index is -4.02. The molecule has 1 aromatic carbocycles. The Bertz CT molecular complexity index is 781. The molecule has 5 nitrogen and oxygen atoms in total. The first kappa shape index (κ1) is 15.9. The Morgan fingerprint density at radius 1 is 1.43 bits per heavy atom. The highest BCUT2D eigenvalue weighted by molar-refractivity contribution is 9.10. The Morgan fingerprint density at radius 3 is 2.76 bits per heavy atom. The van der Waals surface area contributed by atoms with E-state index in [-0.39, 0.29) is 21.8 Å². The van der Waals surface area contributed by atoms with Gasteiger partial charge < -0.3 is 5.11 Å². The summed E-state index contributed by atoms with van der Waals surface area (Å²) in [5.41, 5.74) is 0.158. The van der Waals surface area contributed by atoms with Crippen molar-refractivity contribution in [1.29, 1.82) is 0 Å². The van der Waals surface area contributed by atoms with E-state index in [0.29, 0.717) is 4.47 Å². The molecular formula is C13H12BrFN2O3S. The van der Waals surface area contributed by atoms with E-state index < -0.39 is 22.4 Å². The van der Waals surface area contributed by atoms with Crippen LogP contribution in [-0.4, -0.2) is 18.5 Å². The van der Waals surface area contributed by atoms with Gasteiger partial charge in [0, 0.05) is 11.8 Å². The Morgan fingerprint density at radius 2 is 2.14 bits per heavy atom. The number of aliphatic hydroxyl groups is 1. The van der Waals surface area contributed by atoms with Crippen molar-refractivity contribution in [3.05, 3.63) is 51.9 Å². The van der Waals surface area contributed by atoms with Crippen LogP contribution in [0.25, 0.3) is 0 Å². The summed E-state index contributed by atoms with van der Waals surface area (Å²) in [5, 5.41) is 9.08. The summed E-state index contributed by atoms with van der Waals surface area (Å²) >= 11 is 3.18. The Balaban J connectivity index is 2.50. The number of benzene rings is 1. The molecule has 0 aliphatic carbocycles. The first-order valence-electron chi connectivity index (χ1n) is 5.88. The maximum Gasteiger partial charge on any atom is 0.263 e. The number of nitrogens with zero attached hydrogens (tertiary/aromatic N) is 1. The summed E-state index contributed by atoms with van der Waals surface area (Å²) in [5.74, 6) is -0.589. The van der Waals surface area contributed by atoms with Crippen molar-refractivity contribution >= 4 is 31.8 Å². The molecule has 112 valence electrons. The lowest BCUT2D eigenvalue weighted by Crippen LogP contribution is -2.16. The van der Waals surface area contributed by atoms with E-state index in [1.807, 2.05) is 0 Å². The van der Waals surface area contributed by atoms with E-state index in [2.05, 4.69) is 25.6 Å². The van der Waals surface area contributed by atoms with Crippen molar-refractivity contribution in [2.45, 2.75) is 18.4 Å². The third kappa shape index (κ3) is 3.39. The molecule has 0 aliphatic heterocycles. The molecule has 0 saturated heterocycles. The van der Waals surface area contributed by atoms with E-state index in [1.165, 1.54) is 19.2 Å². The second kappa shape index (κ2) is 6.08. The molecule has 0 atom stereocenters. The monoisotopic (exact) mass is 374 g/mol. The van der Waals surface area contributed by atoms with Gasteiger partial charge in [-0.2, -0.15) is 0 Å². The van der Waals surface area contributed by atoms with Crippen LogP contribution in [-0.2, 0) is 16.6 Å². The molecular weight excluding hydrogens is 363 g/mol. The van der Waals surface area contributed by atoms with E-state index in [4.69, 9.17) is 5.11 Å². The van der Waals surface area contributed by atoms with Crippen LogP contribution in [0.2, 0.25) is 0 Å². The number of nitrogens with one attached hydrogen (secondary N) is 1. The van der Waals surface area contributed by atoms with Gasteiger partial charge >= 0.3 is 0 Å². The molecule has 21 heavy (non-hydrogen) atoms. The van der Waals surface area contributed by atoms with Gasteiger partial charge in [0.05, 0.1) is 16.0 Å². The van der Waals surface area contributed by atoms with Crippen LogP contribution in [0, 0.1) is 12.7 Å². The molecule has 2 rings (SSSR count). The molecule has 2 N–H and O–H groups in total. The van der Waals surface area contributed by atoms with Crippen LogP contribution in [0.5, 0.6) is 0 Å². The van der Waals surface area contributed by atoms with Crippen molar-refractivity contribution in [2.75, 3.05) is 4.72 Å². The van der Waals surface area contributed by atoms with Gasteiger partial charge in [-0.25, -0.2) is 17.8 Å². The van der Waals surface area contributed by atoms with Gasteiger partial charge in [0.1, 0.15) is 5.82 Å². The van der Waals surface area contributed by atoms with Gasteiger partial charge in [-0.1, -0.05) is 0 Å².